The zero-order valence-corrected chi connectivity index (χ0v) is 14.0. The van der Waals surface area contributed by atoms with E-state index < -0.39 is 0 Å². The Morgan fingerprint density at radius 3 is 3.08 bits per heavy atom. The van der Waals surface area contributed by atoms with Gasteiger partial charge in [0.25, 0.3) is 5.91 Å². The van der Waals surface area contributed by atoms with Gasteiger partial charge in [0.15, 0.2) is 0 Å². The molecule has 3 fully saturated rings. The van der Waals surface area contributed by atoms with Crippen LogP contribution in [0.5, 0.6) is 5.88 Å². The van der Waals surface area contributed by atoms with E-state index in [9.17, 15) is 4.79 Å². The Morgan fingerprint density at radius 1 is 1.42 bits per heavy atom. The van der Waals surface area contributed by atoms with Gasteiger partial charge >= 0.3 is 0 Å². The van der Waals surface area contributed by atoms with E-state index in [2.05, 4.69) is 4.98 Å². The minimum Gasteiger partial charge on any atom is -0.480 e. The van der Waals surface area contributed by atoms with E-state index in [0.29, 0.717) is 23.9 Å². The minimum absolute atomic E-state index is 0.0101. The van der Waals surface area contributed by atoms with Crippen molar-refractivity contribution >= 4 is 5.91 Å². The molecule has 4 rings (SSSR count). The molecule has 0 aromatic carbocycles. The van der Waals surface area contributed by atoms with Crippen LogP contribution in [0.4, 0.5) is 0 Å². The molecule has 0 bridgehead atoms. The second kappa shape index (κ2) is 6.69. The molecule has 2 aliphatic heterocycles. The van der Waals surface area contributed by atoms with Crippen LogP contribution in [0, 0.1) is 5.92 Å². The first-order chi connectivity index (χ1) is 11.8. The first-order valence-electron chi connectivity index (χ1n) is 8.81. The third kappa shape index (κ3) is 3.00. The molecule has 0 unspecified atom stereocenters. The molecule has 1 amide bonds. The average molecular weight is 332 g/mol. The van der Waals surface area contributed by atoms with E-state index in [0.717, 1.165) is 26.1 Å². The Balaban J connectivity index is 1.53. The summed E-state index contributed by atoms with van der Waals surface area (Å²) < 4.78 is 17.3. The lowest BCUT2D eigenvalue weighted by molar-refractivity contribution is -0.0781. The second-order valence-corrected chi connectivity index (χ2v) is 6.88. The van der Waals surface area contributed by atoms with Gasteiger partial charge in [-0.3, -0.25) is 4.79 Å². The van der Waals surface area contributed by atoms with Crippen molar-refractivity contribution in [1.29, 1.82) is 0 Å². The van der Waals surface area contributed by atoms with E-state index in [4.69, 9.17) is 14.2 Å². The Bertz CT molecular complexity index is 604. The number of aromatic nitrogens is 1. The highest BCUT2D eigenvalue weighted by Crippen LogP contribution is 2.35. The summed E-state index contributed by atoms with van der Waals surface area (Å²) in [4.78, 5) is 19.1. The number of pyridine rings is 1. The van der Waals surface area contributed by atoms with E-state index in [1.807, 2.05) is 4.90 Å². The van der Waals surface area contributed by atoms with Crippen LogP contribution >= 0.6 is 0 Å². The molecule has 3 atom stereocenters. The molecule has 130 valence electrons. The van der Waals surface area contributed by atoms with Crippen LogP contribution in [0.3, 0.4) is 0 Å². The number of carbonyl (C=O) groups excluding carboxylic acids is 1. The standard InChI is InChI=1S/C18H24N2O4/c1-22-17-13(4-2-8-19-17)18(21)20-10-15(24-11-12-6-7-12)16-14(20)5-3-9-23-16/h2,4,8,12,14-16H,3,5-7,9-11H2,1H3/t14-,15+,16+/m1/s1. The van der Waals surface area contributed by atoms with Gasteiger partial charge in [-0.25, -0.2) is 4.98 Å². The lowest BCUT2D eigenvalue weighted by Gasteiger charge is -2.32. The van der Waals surface area contributed by atoms with Crippen LogP contribution < -0.4 is 4.74 Å². The van der Waals surface area contributed by atoms with Gasteiger partial charge < -0.3 is 19.1 Å². The molecule has 0 N–H and O–H groups in total. The first kappa shape index (κ1) is 15.8. The lowest BCUT2D eigenvalue weighted by atomic mass is 10.0. The molecule has 6 nitrogen and oxygen atoms in total. The van der Waals surface area contributed by atoms with E-state index in [1.165, 1.54) is 20.0 Å². The van der Waals surface area contributed by atoms with Crippen LogP contribution in [0.2, 0.25) is 0 Å². The molecule has 24 heavy (non-hydrogen) atoms. The third-order valence-corrected chi connectivity index (χ3v) is 5.18. The van der Waals surface area contributed by atoms with Crippen molar-refractivity contribution in [3.05, 3.63) is 23.9 Å². The molecule has 1 aromatic heterocycles. The second-order valence-electron chi connectivity index (χ2n) is 6.88. The first-order valence-corrected chi connectivity index (χ1v) is 8.81. The number of amides is 1. The predicted molar refractivity (Wildman–Crippen MR) is 87.1 cm³/mol. The normalized spacial score (nSPS) is 29.4. The summed E-state index contributed by atoms with van der Waals surface area (Å²) in [6.07, 6.45) is 6.06. The molecule has 0 radical (unpaired) electrons. The lowest BCUT2D eigenvalue weighted by Crippen LogP contribution is -2.44. The summed E-state index contributed by atoms with van der Waals surface area (Å²) >= 11 is 0. The zero-order chi connectivity index (χ0) is 16.5. The fourth-order valence-electron chi connectivity index (χ4n) is 3.70. The summed E-state index contributed by atoms with van der Waals surface area (Å²) in [6, 6.07) is 3.62. The van der Waals surface area contributed by atoms with Gasteiger partial charge in [0.05, 0.1) is 19.7 Å². The number of likely N-dealkylation sites (tertiary alicyclic amines) is 1. The van der Waals surface area contributed by atoms with Crippen molar-refractivity contribution in [2.24, 2.45) is 5.92 Å². The Hall–Kier alpha value is -1.66. The Morgan fingerprint density at radius 2 is 2.29 bits per heavy atom. The molecular formula is C18H24N2O4. The van der Waals surface area contributed by atoms with Crippen molar-refractivity contribution in [2.75, 3.05) is 26.9 Å². The Kier molecular flexibility index (Phi) is 4.41. The monoisotopic (exact) mass is 332 g/mol. The summed E-state index contributed by atoms with van der Waals surface area (Å²) in [5.74, 6) is 1.03. The van der Waals surface area contributed by atoms with Crippen molar-refractivity contribution < 1.29 is 19.0 Å². The van der Waals surface area contributed by atoms with Gasteiger partial charge in [-0.15, -0.1) is 0 Å². The molecule has 6 heteroatoms. The van der Waals surface area contributed by atoms with Gasteiger partial charge in [-0.1, -0.05) is 0 Å². The zero-order valence-electron chi connectivity index (χ0n) is 14.0. The van der Waals surface area contributed by atoms with Crippen molar-refractivity contribution in [1.82, 2.24) is 9.88 Å². The molecule has 3 aliphatic rings. The number of carbonyl (C=O) groups is 1. The SMILES string of the molecule is COc1ncccc1C(=O)N1C[C@H](OCC2CC2)[C@H]2OCCC[C@H]21. The van der Waals surface area contributed by atoms with Gasteiger partial charge in [0.2, 0.25) is 5.88 Å². The molecule has 3 heterocycles. The van der Waals surface area contributed by atoms with E-state index >= 15 is 0 Å². The van der Waals surface area contributed by atoms with Crippen LogP contribution in [0.15, 0.2) is 18.3 Å². The molecule has 1 saturated carbocycles. The average Bonchev–Trinajstić information content (AvgIpc) is 3.39. The highest BCUT2D eigenvalue weighted by atomic mass is 16.5. The summed E-state index contributed by atoms with van der Waals surface area (Å²) in [5, 5.41) is 0. The smallest absolute Gasteiger partial charge is 0.259 e. The highest BCUT2D eigenvalue weighted by Gasteiger charge is 2.47. The predicted octanol–water partition coefficient (Wildman–Crippen LogP) is 1.89. The highest BCUT2D eigenvalue weighted by molar-refractivity contribution is 5.96. The summed E-state index contributed by atoms with van der Waals surface area (Å²) in [5.41, 5.74) is 0.507. The maximum atomic E-state index is 13.1. The van der Waals surface area contributed by atoms with Gasteiger partial charge in [-0.2, -0.15) is 0 Å². The molecule has 1 aliphatic carbocycles. The quantitative estimate of drug-likeness (QED) is 0.824. The number of hydrogen-bond acceptors (Lipinski definition) is 5. The van der Waals surface area contributed by atoms with Crippen LogP contribution in [0.1, 0.15) is 36.0 Å². The third-order valence-electron chi connectivity index (χ3n) is 5.18. The van der Waals surface area contributed by atoms with E-state index in [-0.39, 0.29) is 24.2 Å². The number of fused-ring (bicyclic) bond motifs is 1. The van der Waals surface area contributed by atoms with Crippen molar-refractivity contribution in [2.45, 2.75) is 43.9 Å². The molecule has 2 saturated heterocycles. The molecule has 0 spiro atoms. The number of methoxy groups -OCH3 is 1. The van der Waals surface area contributed by atoms with Gasteiger partial charge in [-0.05, 0) is 43.7 Å². The molecule has 1 aromatic rings. The molecular weight excluding hydrogens is 308 g/mol. The van der Waals surface area contributed by atoms with Crippen LogP contribution in [-0.4, -0.2) is 60.9 Å². The topological polar surface area (TPSA) is 60.9 Å². The number of rotatable bonds is 5. The number of nitrogens with zero attached hydrogens (tertiary/aromatic N) is 2. The minimum atomic E-state index is -0.0435. The number of hydrogen-bond donors (Lipinski definition) is 0. The maximum absolute atomic E-state index is 13.1. The van der Waals surface area contributed by atoms with Crippen molar-refractivity contribution in [3.63, 3.8) is 0 Å². The van der Waals surface area contributed by atoms with Gasteiger partial charge in [0.1, 0.15) is 17.8 Å². The van der Waals surface area contributed by atoms with Crippen LogP contribution in [0.25, 0.3) is 0 Å². The van der Waals surface area contributed by atoms with Crippen LogP contribution in [-0.2, 0) is 9.47 Å². The van der Waals surface area contributed by atoms with Gasteiger partial charge in [0, 0.05) is 19.4 Å². The fraction of sp³-hybridized carbons (Fsp3) is 0.667. The summed E-state index contributed by atoms with van der Waals surface area (Å²) in [6.45, 7) is 2.12. The van der Waals surface area contributed by atoms with Crippen molar-refractivity contribution in [3.8, 4) is 5.88 Å². The maximum Gasteiger partial charge on any atom is 0.259 e. The summed E-state index contributed by atoms with van der Waals surface area (Å²) in [7, 11) is 1.54. The van der Waals surface area contributed by atoms with E-state index in [1.54, 1.807) is 18.3 Å². The Labute approximate surface area is 142 Å². The number of ether oxygens (including phenoxy) is 3. The largest absolute Gasteiger partial charge is 0.480 e. The fourth-order valence-corrected chi connectivity index (χ4v) is 3.70.